The summed E-state index contributed by atoms with van der Waals surface area (Å²) >= 11 is 0. The summed E-state index contributed by atoms with van der Waals surface area (Å²) in [5.74, 6) is -0.240. The van der Waals surface area contributed by atoms with Crippen LogP contribution in [0.2, 0.25) is 0 Å². The number of allylic oxidation sites excluding steroid dienone is 4. The number of ether oxygens (including phenoxy) is 1. The van der Waals surface area contributed by atoms with Crippen molar-refractivity contribution >= 4 is 5.97 Å². The third-order valence-electron chi connectivity index (χ3n) is 3.55. The molecule has 0 bridgehead atoms. The van der Waals surface area contributed by atoms with E-state index in [-0.39, 0.29) is 5.97 Å². The van der Waals surface area contributed by atoms with Crippen molar-refractivity contribution in [1.29, 1.82) is 0 Å². The van der Waals surface area contributed by atoms with E-state index in [1.165, 1.54) is 11.1 Å². The average Bonchev–Trinajstić information content (AvgIpc) is 2.46. The third kappa shape index (κ3) is 11.1. The fourth-order valence-electron chi connectivity index (χ4n) is 1.80. The standard InChI is InChI=1S/C19H32O2/c1-6-8-15-21-19(20)18(5)14-10-13-17(4)12-9-11-16(3)7-2/h11,13H,5-10,12,14-15H2,1-4H3/b16-11+,17-13+. The van der Waals surface area contributed by atoms with Crippen LogP contribution < -0.4 is 0 Å². The second kappa shape index (κ2) is 12.4. The molecule has 0 N–H and O–H groups in total. The molecule has 0 aliphatic heterocycles. The van der Waals surface area contributed by atoms with E-state index in [0.717, 1.165) is 38.5 Å². The maximum Gasteiger partial charge on any atom is 0.333 e. The molecule has 2 heteroatoms. The molecule has 0 saturated carbocycles. The maximum atomic E-state index is 11.6. The predicted octanol–water partition coefficient (Wildman–Crippen LogP) is 5.75. The normalized spacial score (nSPS) is 12.4. The molecular formula is C19H32O2. The van der Waals surface area contributed by atoms with Gasteiger partial charge in [-0.2, -0.15) is 0 Å². The molecule has 0 fully saturated rings. The Kier molecular flexibility index (Phi) is 11.7. The van der Waals surface area contributed by atoms with Crippen molar-refractivity contribution in [3.8, 4) is 0 Å². The lowest BCUT2D eigenvalue weighted by molar-refractivity contribution is -0.139. The van der Waals surface area contributed by atoms with E-state index in [1.807, 2.05) is 0 Å². The zero-order valence-electron chi connectivity index (χ0n) is 14.3. The summed E-state index contributed by atoms with van der Waals surface area (Å²) in [4.78, 5) is 11.6. The fourth-order valence-corrected chi connectivity index (χ4v) is 1.80. The van der Waals surface area contributed by atoms with Crippen molar-refractivity contribution in [3.63, 3.8) is 0 Å². The minimum Gasteiger partial charge on any atom is -0.462 e. The lowest BCUT2D eigenvalue weighted by atomic mass is 10.1. The molecule has 0 atom stereocenters. The van der Waals surface area contributed by atoms with Crippen LogP contribution in [-0.2, 0) is 9.53 Å². The molecule has 0 aromatic heterocycles. The number of hydrogen-bond donors (Lipinski definition) is 0. The molecule has 0 amide bonds. The van der Waals surface area contributed by atoms with E-state index in [4.69, 9.17) is 4.74 Å². The first kappa shape index (κ1) is 19.7. The summed E-state index contributed by atoms with van der Waals surface area (Å²) in [7, 11) is 0. The van der Waals surface area contributed by atoms with E-state index in [2.05, 4.69) is 46.4 Å². The van der Waals surface area contributed by atoms with E-state index >= 15 is 0 Å². The minimum atomic E-state index is -0.240. The fraction of sp³-hybridized carbons (Fsp3) is 0.632. The molecule has 0 aromatic carbocycles. The van der Waals surface area contributed by atoms with E-state index < -0.39 is 0 Å². The highest BCUT2D eigenvalue weighted by atomic mass is 16.5. The number of hydrogen-bond acceptors (Lipinski definition) is 2. The first-order valence-electron chi connectivity index (χ1n) is 8.17. The zero-order chi connectivity index (χ0) is 16.1. The Bertz CT molecular complexity index is 375. The third-order valence-corrected chi connectivity index (χ3v) is 3.55. The van der Waals surface area contributed by atoms with E-state index in [1.54, 1.807) is 0 Å². The summed E-state index contributed by atoms with van der Waals surface area (Å²) < 4.78 is 5.14. The van der Waals surface area contributed by atoms with Gasteiger partial charge in [-0.05, 0) is 52.4 Å². The van der Waals surface area contributed by atoms with Gasteiger partial charge in [0.25, 0.3) is 0 Å². The highest BCUT2D eigenvalue weighted by Gasteiger charge is 2.06. The van der Waals surface area contributed by atoms with Crippen LogP contribution in [-0.4, -0.2) is 12.6 Å². The van der Waals surface area contributed by atoms with Gasteiger partial charge in [0.1, 0.15) is 0 Å². The van der Waals surface area contributed by atoms with Crippen molar-refractivity contribution in [2.24, 2.45) is 0 Å². The maximum absolute atomic E-state index is 11.6. The summed E-state index contributed by atoms with van der Waals surface area (Å²) in [5.41, 5.74) is 3.41. The van der Waals surface area contributed by atoms with Gasteiger partial charge in [0.2, 0.25) is 0 Å². The Morgan fingerprint density at radius 1 is 1.05 bits per heavy atom. The first-order chi connectivity index (χ1) is 10.0. The predicted molar refractivity (Wildman–Crippen MR) is 91.3 cm³/mol. The highest BCUT2D eigenvalue weighted by molar-refractivity contribution is 5.87. The second-order valence-corrected chi connectivity index (χ2v) is 5.62. The molecule has 0 saturated heterocycles. The number of rotatable bonds is 11. The van der Waals surface area contributed by atoms with Gasteiger partial charge in [0.15, 0.2) is 0 Å². The zero-order valence-corrected chi connectivity index (χ0v) is 14.3. The molecule has 2 nitrogen and oxygen atoms in total. The van der Waals surface area contributed by atoms with Gasteiger partial charge in [-0.3, -0.25) is 0 Å². The number of esters is 1. The Morgan fingerprint density at radius 2 is 1.67 bits per heavy atom. The monoisotopic (exact) mass is 292 g/mol. The summed E-state index contributed by atoms with van der Waals surface area (Å²) in [6.45, 7) is 12.9. The van der Waals surface area contributed by atoms with Crippen LogP contribution in [0.1, 0.15) is 72.6 Å². The summed E-state index contributed by atoms with van der Waals surface area (Å²) in [5, 5.41) is 0. The SMILES string of the molecule is C=C(CC/C=C(\C)CC/C=C(\C)CC)C(=O)OCCCC. The molecule has 120 valence electrons. The van der Waals surface area contributed by atoms with Gasteiger partial charge in [0.05, 0.1) is 6.61 Å². The second-order valence-electron chi connectivity index (χ2n) is 5.62. The first-order valence-corrected chi connectivity index (χ1v) is 8.17. The van der Waals surface area contributed by atoms with Gasteiger partial charge in [0, 0.05) is 5.57 Å². The van der Waals surface area contributed by atoms with Gasteiger partial charge >= 0.3 is 5.97 Å². The Balaban J connectivity index is 3.91. The Labute approximate surface area is 131 Å². The number of carbonyl (C=O) groups is 1. The average molecular weight is 292 g/mol. The van der Waals surface area contributed by atoms with Crippen LogP contribution in [0, 0.1) is 0 Å². The molecule has 0 aromatic rings. The minimum absolute atomic E-state index is 0.240. The van der Waals surface area contributed by atoms with Crippen molar-refractivity contribution in [1.82, 2.24) is 0 Å². The van der Waals surface area contributed by atoms with Gasteiger partial charge in [-0.15, -0.1) is 0 Å². The largest absolute Gasteiger partial charge is 0.462 e. The van der Waals surface area contributed by atoms with Gasteiger partial charge < -0.3 is 4.74 Å². The number of unbranched alkanes of at least 4 members (excludes halogenated alkanes) is 1. The van der Waals surface area contributed by atoms with Gasteiger partial charge in [-0.1, -0.05) is 50.1 Å². The van der Waals surface area contributed by atoms with Crippen LogP contribution >= 0.6 is 0 Å². The number of carbonyl (C=O) groups excluding carboxylic acids is 1. The molecule has 21 heavy (non-hydrogen) atoms. The molecular weight excluding hydrogens is 260 g/mol. The van der Waals surface area contributed by atoms with E-state index in [0.29, 0.717) is 18.6 Å². The van der Waals surface area contributed by atoms with E-state index in [9.17, 15) is 4.79 Å². The molecule has 0 rings (SSSR count). The lowest BCUT2D eigenvalue weighted by Gasteiger charge is -2.06. The summed E-state index contributed by atoms with van der Waals surface area (Å²) in [6, 6.07) is 0. The van der Waals surface area contributed by atoms with Crippen molar-refractivity contribution in [2.45, 2.75) is 72.6 Å². The van der Waals surface area contributed by atoms with Crippen LogP contribution in [0.15, 0.2) is 35.5 Å². The molecule has 0 heterocycles. The Hall–Kier alpha value is -1.31. The topological polar surface area (TPSA) is 26.3 Å². The summed E-state index contributed by atoms with van der Waals surface area (Å²) in [6.07, 6.45) is 11.3. The van der Waals surface area contributed by atoms with Gasteiger partial charge in [-0.25, -0.2) is 4.79 Å². The molecule has 0 aliphatic carbocycles. The Morgan fingerprint density at radius 3 is 2.29 bits per heavy atom. The molecule has 0 spiro atoms. The van der Waals surface area contributed by atoms with Crippen LogP contribution in [0.4, 0.5) is 0 Å². The van der Waals surface area contributed by atoms with Crippen molar-refractivity contribution < 1.29 is 9.53 Å². The van der Waals surface area contributed by atoms with Crippen molar-refractivity contribution in [3.05, 3.63) is 35.5 Å². The smallest absolute Gasteiger partial charge is 0.333 e. The van der Waals surface area contributed by atoms with Crippen LogP contribution in [0.5, 0.6) is 0 Å². The van der Waals surface area contributed by atoms with Crippen LogP contribution in [0.25, 0.3) is 0 Å². The molecule has 0 unspecified atom stereocenters. The van der Waals surface area contributed by atoms with Crippen molar-refractivity contribution in [2.75, 3.05) is 6.61 Å². The van der Waals surface area contributed by atoms with Crippen LogP contribution in [0.3, 0.4) is 0 Å². The lowest BCUT2D eigenvalue weighted by Crippen LogP contribution is -2.08. The highest BCUT2D eigenvalue weighted by Crippen LogP contribution is 2.12. The quantitative estimate of drug-likeness (QED) is 0.210. The molecule has 0 radical (unpaired) electrons. The molecule has 0 aliphatic rings.